The second kappa shape index (κ2) is 7.11. The highest BCUT2D eigenvalue weighted by Gasteiger charge is 2.23. The third-order valence-corrected chi connectivity index (χ3v) is 5.37. The second-order valence-electron chi connectivity index (χ2n) is 7.41. The average molecular weight is 376 g/mol. The Balaban J connectivity index is 1.48. The van der Waals surface area contributed by atoms with Gasteiger partial charge in [0, 0.05) is 31.4 Å². The highest BCUT2D eigenvalue weighted by molar-refractivity contribution is 5.96. The number of imidazole rings is 1. The van der Waals surface area contributed by atoms with Gasteiger partial charge < -0.3 is 14.8 Å². The van der Waals surface area contributed by atoms with Gasteiger partial charge in [0.2, 0.25) is 11.8 Å². The second-order valence-corrected chi connectivity index (χ2v) is 7.41. The molecule has 1 aliphatic heterocycles. The molecule has 0 saturated carbocycles. The summed E-state index contributed by atoms with van der Waals surface area (Å²) in [5.41, 5.74) is 4.80. The first-order valence-corrected chi connectivity index (χ1v) is 9.58. The molecule has 1 aromatic heterocycles. The largest absolute Gasteiger partial charge is 0.327 e. The first-order valence-electron chi connectivity index (χ1n) is 9.58. The topological polar surface area (TPSA) is 67.2 Å². The summed E-state index contributed by atoms with van der Waals surface area (Å²) in [6.45, 7) is 6.74. The van der Waals surface area contributed by atoms with Gasteiger partial charge in [0.15, 0.2) is 0 Å². The maximum atomic E-state index is 12.7. The van der Waals surface area contributed by atoms with Crippen molar-refractivity contribution in [3.63, 3.8) is 0 Å². The molecule has 0 saturated heterocycles. The zero-order valence-corrected chi connectivity index (χ0v) is 16.4. The van der Waals surface area contributed by atoms with Crippen LogP contribution in [0.25, 0.3) is 11.0 Å². The van der Waals surface area contributed by atoms with Crippen molar-refractivity contribution >= 4 is 34.2 Å². The molecule has 2 aromatic carbocycles. The molecule has 1 N–H and O–H groups in total. The summed E-state index contributed by atoms with van der Waals surface area (Å²) in [5, 5.41) is 3.02. The molecule has 0 radical (unpaired) electrons. The molecule has 144 valence electrons. The molecule has 0 unspecified atom stereocenters. The average Bonchev–Trinajstić information content (AvgIpc) is 3.22. The van der Waals surface area contributed by atoms with Crippen LogP contribution in [-0.2, 0) is 22.6 Å². The number of aryl methyl sites for hydroxylation is 1. The van der Waals surface area contributed by atoms with E-state index in [1.807, 2.05) is 56.3 Å². The number of nitrogens with one attached hydrogen (secondary N) is 1. The number of carbonyl (C=O) groups is 2. The van der Waals surface area contributed by atoms with Crippen LogP contribution in [0.2, 0.25) is 0 Å². The number of fused-ring (bicyclic) bond motifs is 2. The maximum Gasteiger partial charge on any atom is 0.229 e. The van der Waals surface area contributed by atoms with Gasteiger partial charge in [-0.25, -0.2) is 4.98 Å². The summed E-state index contributed by atoms with van der Waals surface area (Å²) < 4.78 is 2.09. The molecule has 4 rings (SSSR count). The normalized spacial score (nSPS) is 14.2. The Morgan fingerprint density at radius 2 is 2.00 bits per heavy atom. The third kappa shape index (κ3) is 3.26. The standard InChI is InChI=1S/C22H24N4O2/c1-14(13-26-15(2)23-19-6-4-5-7-21(19)26)22(28)24-18-8-9-20-17(12-18)10-11-25(20)16(3)27/h4-9,12,14H,10-11,13H2,1-3H3,(H,24,28)/t14-/m0/s1. The molecule has 2 amide bonds. The van der Waals surface area contributed by atoms with Crippen molar-refractivity contribution in [2.75, 3.05) is 16.8 Å². The van der Waals surface area contributed by atoms with Gasteiger partial charge in [0.1, 0.15) is 5.82 Å². The molecular formula is C22H24N4O2. The molecule has 1 aliphatic rings. The Kier molecular flexibility index (Phi) is 4.63. The molecular weight excluding hydrogens is 352 g/mol. The van der Waals surface area contributed by atoms with E-state index < -0.39 is 0 Å². The minimum Gasteiger partial charge on any atom is -0.327 e. The van der Waals surface area contributed by atoms with E-state index >= 15 is 0 Å². The molecule has 2 heterocycles. The Morgan fingerprint density at radius 3 is 2.79 bits per heavy atom. The van der Waals surface area contributed by atoms with Gasteiger partial charge in [-0.15, -0.1) is 0 Å². The van der Waals surface area contributed by atoms with E-state index in [2.05, 4.69) is 14.9 Å². The van der Waals surface area contributed by atoms with Crippen molar-refractivity contribution < 1.29 is 9.59 Å². The van der Waals surface area contributed by atoms with E-state index in [1.165, 1.54) is 0 Å². The van der Waals surface area contributed by atoms with Crippen molar-refractivity contribution in [2.24, 2.45) is 5.92 Å². The van der Waals surface area contributed by atoms with Crippen molar-refractivity contribution in [2.45, 2.75) is 33.7 Å². The van der Waals surface area contributed by atoms with E-state index in [4.69, 9.17) is 0 Å². The van der Waals surface area contributed by atoms with Gasteiger partial charge in [0.25, 0.3) is 0 Å². The highest BCUT2D eigenvalue weighted by atomic mass is 16.2. The smallest absolute Gasteiger partial charge is 0.229 e. The minimum absolute atomic E-state index is 0.0291. The van der Waals surface area contributed by atoms with Gasteiger partial charge in [0.05, 0.1) is 17.0 Å². The molecule has 3 aromatic rings. The van der Waals surface area contributed by atoms with Gasteiger partial charge in [-0.05, 0) is 49.2 Å². The number of anilines is 2. The van der Waals surface area contributed by atoms with Crippen LogP contribution in [0.4, 0.5) is 11.4 Å². The van der Waals surface area contributed by atoms with Gasteiger partial charge in [-0.3, -0.25) is 9.59 Å². The summed E-state index contributed by atoms with van der Waals surface area (Å²) in [6, 6.07) is 13.7. The predicted molar refractivity (Wildman–Crippen MR) is 110 cm³/mol. The summed E-state index contributed by atoms with van der Waals surface area (Å²) in [7, 11) is 0. The summed E-state index contributed by atoms with van der Waals surface area (Å²) in [5.74, 6) is 0.714. The lowest BCUT2D eigenvalue weighted by Crippen LogP contribution is -2.26. The molecule has 0 spiro atoms. The number of amides is 2. The fourth-order valence-corrected chi connectivity index (χ4v) is 3.86. The predicted octanol–water partition coefficient (Wildman–Crippen LogP) is 3.53. The van der Waals surface area contributed by atoms with Crippen LogP contribution in [0.1, 0.15) is 25.2 Å². The van der Waals surface area contributed by atoms with Crippen LogP contribution in [0.5, 0.6) is 0 Å². The number of carbonyl (C=O) groups excluding carboxylic acids is 2. The number of hydrogen-bond donors (Lipinski definition) is 1. The van der Waals surface area contributed by atoms with Crippen LogP contribution in [-0.4, -0.2) is 27.9 Å². The monoisotopic (exact) mass is 376 g/mol. The zero-order chi connectivity index (χ0) is 19.8. The molecule has 6 heteroatoms. The van der Waals surface area contributed by atoms with E-state index in [0.29, 0.717) is 13.1 Å². The van der Waals surface area contributed by atoms with E-state index in [1.54, 1.807) is 11.8 Å². The van der Waals surface area contributed by atoms with Crippen LogP contribution in [0, 0.1) is 12.8 Å². The lowest BCUT2D eigenvalue weighted by molar-refractivity contribution is -0.119. The summed E-state index contributed by atoms with van der Waals surface area (Å²) in [4.78, 5) is 30.8. The first kappa shape index (κ1) is 18.2. The summed E-state index contributed by atoms with van der Waals surface area (Å²) >= 11 is 0. The van der Waals surface area contributed by atoms with Gasteiger partial charge in [-0.2, -0.15) is 0 Å². The molecule has 0 bridgehead atoms. The van der Waals surface area contributed by atoms with E-state index in [0.717, 1.165) is 40.2 Å². The van der Waals surface area contributed by atoms with Crippen LogP contribution >= 0.6 is 0 Å². The highest BCUT2D eigenvalue weighted by Crippen LogP contribution is 2.30. The number of nitrogens with zero attached hydrogens (tertiary/aromatic N) is 3. The number of benzene rings is 2. The Labute approximate surface area is 164 Å². The minimum atomic E-state index is -0.210. The van der Waals surface area contributed by atoms with Crippen LogP contribution < -0.4 is 10.2 Å². The number of aromatic nitrogens is 2. The SMILES string of the molecule is CC(=O)N1CCc2cc(NC(=O)[C@@H](C)Cn3c(C)nc4ccccc43)ccc21. The van der Waals surface area contributed by atoms with E-state index in [-0.39, 0.29) is 17.7 Å². The fraction of sp³-hybridized carbons (Fsp3) is 0.318. The Hall–Kier alpha value is -3.15. The van der Waals surface area contributed by atoms with Crippen LogP contribution in [0.15, 0.2) is 42.5 Å². The summed E-state index contributed by atoms with van der Waals surface area (Å²) in [6.07, 6.45) is 0.814. The molecule has 0 aliphatic carbocycles. The quantitative estimate of drug-likeness (QED) is 0.757. The third-order valence-electron chi connectivity index (χ3n) is 5.37. The van der Waals surface area contributed by atoms with Crippen molar-refractivity contribution in [1.29, 1.82) is 0 Å². The van der Waals surface area contributed by atoms with E-state index in [9.17, 15) is 9.59 Å². The first-order chi connectivity index (χ1) is 13.4. The van der Waals surface area contributed by atoms with Crippen molar-refractivity contribution in [1.82, 2.24) is 9.55 Å². The van der Waals surface area contributed by atoms with Gasteiger partial charge >= 0.3 is 0 Å². The van der Waals surface area contributed by atoms with Crippen LogP contribution in [0.3, 0.4) is 0 Å². The Bertz CT molecular complexity index is 1070. The Morgan fingerprint density at radius 1 is 1.21 bits per heavy atom. The lowest BCUT2D eigenvalue weighted by atomic mass is 10.1. The van der Waals surface area contributed by atoms with Crippen molar-refractivity contribution in [3.8, 4) is 0 Å². The fourth-order valence-electron chi connectivity index (χ4n) is 3.86. The molecule has 0 fully saturated rings. The zero-order valence-electron chi connectivity index (χ0n) is 16.4. The lowest BCUT2D eigenvalue weighted by Gasteiger charge is -2.17. The molecule has 6 nitrogen and oxygen atoms in total. The number of hydrogen-bond acceptors (Lipinski definition) is 3. The number of para-hydroxylation sites is 2. The molecule has 1 atom stereocenters. The number of rotatable bonds is 4. The van der Waals surface area contributed by atoms with Gasteiger partial charge in [-0.1, -0.05) is 19.1 Å². The molecule has 28 heavy (non-hydrogen) atoms. The maximum absolute atomic E-state index is 12.7. The van der Waals surface area contributed by atoms with Crippen molar-refractivity contribution in [3.05, 3.63) is 53.9 Å².